The van der Waals surface area contributed by atoms with Gasteiger partial charge in [-0.3, -0.25) is 4.79 Å². The zero-order valence-corrected chi connectivity index (χ0v) is 10.9. The summed E-state index contributed by atoms with van der Waals surface area (Å²) in [5.74, 6) is 1.07. The summed E-state index contributed by atoms with van der Waals surface area (Å²) in [6, 6.07) is 0. The normalized spacial score (nSPS) is 24.5. The second-order valence-corrected chi connectivity index (χ2v) is 5.37. The van der Waals surface area contributed by atoms with E-state index in [4.69, 9.17) is 0 Å². The second kappa shape index (κ2) is 6.03. The van der Waals surface area contributed by atoms with E-state index in [9.17, 15) is 4.79 Å². The van der Waals surface area contributed by atoms with Crippen LogP contribution in [0.4, 0.5) is 0 Å². The van der Waals surface area contributed by atoms with Crippen molar-refractivity contribution in [3.63, 3.8) is 0 Å². The standard InChI is InChI=1S/C15H24O/c1-11(2)14-9-8-12(3)6-5-7-13(4)10-15(14)16/h6,11,14H,4-5,7-10H2,1-3H3. The molecule has 0 aromatic heterocycles. The molecule has 0 aromatic carbocycles. The van der Waals surface area contributed by atoms with Gasteiger partial charge in [0.25, 0.3) is 0 Å². The minimum atomic E-state index is 0.221. The van der Waals surface area contributed by atoms with Crippen LogP contribution in [-0.2, 0) is 4.79 Å². The Morgan fingerprint density at radius 2 is 2.06 bits per heavy atom. The predicted molar refractivity (Wildman–Crippen MR) is 69.3 cm³/mol. The highest BCUT2D eigenvalue weighted by Crippen LogP contribution is 2.26. The molecule has 0 aliphatic heterocycles. The molecule has 0 saturated carbocycles. The van der Waals surface area contributed by atoms with Crippen LogP contribution in [0.2, 0.25) is 0 Å². The van der Waals surface area contributed by atoms with Crippen molar-refractivity contribution in [3.05, 3.63) is 23.8 Å². The average Bonchev–Trinajstić information content (AvgIpc) is 2.16. The largest absolute Gasteiger partial charge is 0.299 e. The fourth-order valence-electron chi connectivity index (χ4n) is 2.34. The van der Waals surface area contributed by atoms with Crippen molar-refractivity contribution >= 4 is 5.78 Å². The first-order valence-corrected chi connectivity index (χ1v) is 6.35. The summed E-state index contributed by atoms with van der Waals surface area (Å²) < 4.78 is 0. The summed E-state index contributed by atoms with van der Waals surface area (Å²) in [5.41, 5.74) is 2.52. The van der Waals surface area contributed by atoms with Crippen LogP contribution < -0.4 is 0 Å². The molecular formula is C15H24O. The van der Waals surface area contributed by atoms with Crippen LogP contribution >= 0.6 is 0 Å². The van der Waals surface area contributed by atoms with Gasteiger partial charge < -0.3 is 0 Å². The number of Topliss-reactive ketones (excluding diaryl/α,β-unsaturated/α-hetero) is 1. The summed E-state index contributed by atoms with van der Waals surface area (Å²) >= 11 is 0. The lowest BCUT2D eigenvalue weighted by Gasteiger charge is -2.21. The zero-order valence-electron chi connectivity index (χ0n) is 10.9. The van der Waals surface area contributed by atoms with Crippen LogP contribution in [0, 0.1) is 11.8 Å². The Labute approximate surface area is 99.6 Å². The van der Waals surface area contributed by atoms with Gasteiger partial charge in [0.15, 0.2) is 0 Å². The molecule has 1 aliphatic rings. The molecule has 1 rings (SSSR count). The molecular weight excluding hydrogens is 196 g/mol. The molecule has 1 aliphatic carbocycles. The molecule has 0 N–H and O–H groups in total. The minimum Gasteiger partial charge on any atom is -0.299 e. The van der Waals surface area contributed by atoms with Gasteiger partial charge in [-0.25, -0.2) is 0 Å². The quantitative estimate of drug-likeness (QED) is 0.602. The van der Waals surface area contributed by atoms with Crippen LogP contribution in [0.5, 0.6) is 0 Å². The van der Waals surface area contributed by atoms with Crippen LogP contribution in [-0.4, -0.2) is 5.78 Å². The lowest BCUT2D eigenvalue weighted by atomic mass is 9.83. The van der Waals surface area contributed by atoms with Crippen molar-refractivity contribution in [2.45, 2.75) is 52.9 Å². The van der Waals surface area contributed by atoms with E-state index in [2.05, 4.69) is 33.4 Å². The fraction of sp³-hybridized carbons (Fsp3) is 0.667. The third-order valence-electron chi connectivity index (χ3n) is 3.48. The molecule has 1 heteroatoms. The van der Waals surface area contributed by atoms with Gasteiger partial charge in [-0.2, -0.15) is 0 Å². The van der Waals surface area contributed by atoms with E-state index in [0.29, 0.717) is 18.1 Å². The topological polar surface area (TPSA) is 17.1 Å². The van der Waals surface area contributed by atoms with E-state index in [0.717, 1.165) is 31.3 Å². The first-order chi connectivity index (χ1) is 7.50. The Hall–Kier alpha value is -0.850. The highest BCUT2D eigenvalue weighted by atomic mass is 16.1. The summed E-state index contributed by atoms with van der Waals surface area (Å²) in [7, 11) is 0. The van der Waals surface area contributed by atoms with Crippen molar-refractivity contribution in [1.82, 2.24) is 0 Å². The van der Waals surface area contributed by atoms with Crippen LogP contribution in [0.25, 0.3) is 0 Å². The highest BCUT2D eigenvalue weighted by molar-refractivity contribution is 5.83. The summed E-state index contributed by atoms with van der Waals surface area (Å²) in [5, 5.41) is 0. The number of carbonyl (C=O) groups is 1. The van der Waals surface area contributed by atoms with Gasteiger partial charge in [-0.15, -0.1) is 0 Å². The first kappa shape index (κ1) is 13.2. The van der Waals surface area contributed by atoms with Gasteiger partial charge in [0.2, 0.25) is 0 Å². The Kier molecular flexibility index (Phi) is 4.98. The molecule has 1 atom stereocenters. The van der Waals surface area contributed by atoms with Crippen molar-refractivity contribution in [1.29, 1.82) is 0 Å². The van der Waals surface area contributed by atoms with E-state index in [1.54, 1.807) is 0 Å². The lowest BCUT2D eigenvalue weighted by molar-refractivity contribution is -0.123. The maximum Gasteiger partial charge on any atom is 0.140 e. The third-order valence-corrected chi connectivity index (χ3v) is 3.48. The number of hydrogen-bond donors (Lipinski definition) is 0. The van der Waals surface area contributed by atoms with Gasteiger partial charge in [-0.05, 0) is 38.5 Å². The first-order valence-electron chi connectivity index (χ1n) is 6.35. The smallest absolute Gasteiger partial charge is 0.140 e. The number of carbonyl (C=O) groups excluding carboxylic acids is 1. The van der Waals surface area contributed by atoms with Gasteiger partial charge in [0.1, 0.15) is 5.78 Å². The molecule has 1 nitrogen and oxygen atoms in total. The van der Waals surface area contributed by atoms with Crippen molar-refractivity contribution in [3.8, 4) is 0 Å². The van der Waals surface area contributed by atoms with Crippen LogP contribution in [0.3, 0.4) is 0 Å². The fourth-order valence-corrected chi connectivity index (χ4v) is 2.34. The Balaban J connectivity index is 2.78. The van der Waals surface area contributed by atoms with Crippen molar-refractivity contribution in [2.75, 3.05) is 0 Å². The zero-order chi connectivity index (χ0) is 12.1. The molecule has 90 valence electrons. The van der Waals surface area contributed by atoms with Crippen molar-refractivity contribution < 1.29 is 4.79 Å². The molecule has 0 spiro atoms. The number of allylic oxidation sites excluding steroid dienone is 3. The molecule has 0 radical (unpaired) electrons. The number of hydrogen-bond acceptors (Lipinski definition) is 1. The Bertz CT molecular complexity index is 297. The van der Waals surface area contributed by atoms with Crippen LogP contribution in [0.1, 0.15) is 52.9 Å². The molecule has 0 saturated heterocycles. The van der Waals surface area contributed by atoms with Crippen molar-refractivity contribution in [2.24, 2.45) is 11.8 Å². The maximum atomic E-state index is 12.1. The maximum absolute atomic E-state index is 12.1. The average molecular weight is 220 g/mol. The lowest BCUT2D eigenvalue weighted by Crippen LogP contribution is -2.21. The molecule has 0 fully saturated rings. The van der Waals surface area contributed by atoms with E-state index in [1.807, 2.05) is 0 Å². The van der Waals surface area contributed by atoms with Gasteiger partial charge in [0.05, 0.1) is 0 Å². The molecule has 0 bridgehead atoms. The predicted octanol–water partition coefficient (Wildman–Crippen LogP) is 4.29. The molecule has 0 amide bonds. The summed E-state index contributed by atoms with van der Waals surface area (Å²) in [6.07, 6.45) is 6.99. The molecule has 16 heavy (non-hydrogen) atoms. The monoisotopic (exact) mass is 220 g/mol. The van der Waals surface area contributed by atoms with Gasteiger partial charge >= 0.3 is 0 Å². The minimum absolute atomic E-state index is 0.221. The Morgan fingerprint density at radius 1 is 1.38 bits per heavy atom. The molecule has 0 heterocycles. The van der Waals surface area contributed by atoms with Crippen LogP contribution in [0.15, 0.2) is 23.8 Å². The van der Waals surface area contributed by atoms with Gasteiger partial charge in [0, 0.05) is 12.3 Å². The number of rotatable bonds is 1. The second-order valence-electron chi connectivity index (χ2n) is 5.37. The Morgan fingerprint density at radius 3 is 2.69 bits per heavy atom. The summed E-state index contributed by atoms with van der Waals surface area (Å²) in [6.45, 7) is 10.5. The van der Waals surface area contributed by atoms with E-state index in [-0.39, 0.29) is 5.92 Å². The van der Waals surface area contributed by atoms with E-state index in [1.165, 1.54) is 5.57 Å². The van der Waals surface area contributed by atoms with E-state index >= 15 is 0 Å². The third kappa shape index (κ3) is 3.96. The SMILES string of the molecule is C=C1CCC=C(C)CCC(C(C)C)C(=O)C1. The molecule has 0 aromatic rings. The van der Waals surface area contributed by atoms with E-state index < -0.39 is 0 Å². The number of ketones is 1. The summed E-state index contributed by atoms with van der Waals surface area (Å²) in [4.78, 5) is 12.1. The molecule has 1 unspecified atom stereocenters. The van der Waals surface area contributed by atoms with Gasteiger partial charge in [-0.1, -0.05) is 37.6 Å². The highest BCUT2D eigenvalue weighted by Gasteiger charge is 2.22.